The summed E-state index contributed by atoms with van der Waals surface area (Å²) in [6, 6.07) is 9.36. The Labute approximate surface area is 114 Å². The minimum absolute atomic E-state index is 0.110. The number of carbonyl (C=O) groups excluding carboxylic acids is 1. The monoisotopic (exact) mass is 275 g/mol. The van der Waals surface area contributed by atoms with Gasteiger partial charge in [-0.3, -0.25) is 4.79 Å². The van der Waals surface area contributed by atoms with Crippen LogP contribution in [0, 0.1) is 5.82 Å². The predicted octanol–water partition coefficient (Wildman–Crippen LogP) is 2.11. The van der Waals surface area contributed by atoms with Crippen molar-refractivity contribution in [2.75, 3.05) is 5.32 Å². The fourth-order valence-electron chi connectivity index (χ4n) is 1.50. The number of aromatic nitrogens is 1. The van der Waals surface area contributed by atoms with E-state index in [-0.39, 0.29) is 10.7 Å². The Morgan fingerprint density at radius 2 is 2.00 bits per heavy atom. The summed E-state index contributed by atoms with van der Waals surface area (Å²) in [5, 5.41) is 2.64. The van der Waals surface area contributed by atoms with Crippen molar-refractivity contribution in [1.82, 2.24) is 4.98 Å². The molecule has 3 N–H and O–H groups in total. The smallest absolute Gasteiger partial charge is 0.274 e. The lowest BCUT2D eigenvalue weighted by atomic mass is 10.1. The summed E-state index contributed by atoms with van der Waals surface area (Å²) < 4.78 is 12.7. The zero-order valence-electron chi connectivity index (χ0n) is 9.76. The fourth-order valence-corrected chi connectivity index (χ4v) is 1.68. The first kappa shape index (κ1) is 13.1. The molecule has 0 spiro atoms. The van der Waals surface area contributed by atoms with Gasteiger partial charge in [-0.2, -0.15) is 0 Å². The van der Waals surface area contributed by atoms with Gasteiger partial charge in [-0.1, -0.05) is 24.4 Å². The molecule has 0 aliphatic heterocycles. The van der Waals surface area contributed by atoms with E-state index < -0.39 is 11.7 Å². The SMILES string of the molecule is NC(=S)c1ccccc1NC(=O)c1ccc(F)cn1. The number of amides is 1. The molecule has 4 nitrogen and oxygen atoms in total. The van der Waals surface area contributed by atoms with Crippen molar-refractivity contribution >= 4 is 28.8 Å². The molecule has 19 heavy (non-hydrogen) atoms. The zero-order valence-corrected chi connectivity index (χ0v) is 10.6. The summed E-state index contributed by atoms with van der Waals surface area (Å²) in [6.45, 7) is 0. The molecule has 1 aromatic heterocycles. The summed E-state index contributed by atoms with van der Waals surface area (Å²) in [4.78, 5) is 15.8. The quantitative estimate of drug-likeness (QED) is 0.842. The van der Waals surface area contributed by atoms with Crippen molar-refractivity contribution in [3.63, 3.8) is 0 Å². The minimum Gasteiger partial charge on any atom is -0.389 e. The van der Waals surface area contributed by atoms with Crippen molar-refractivity contribution < 1.29 is 9.18 Å². The highest BCUT2D eigenvalue weighted by Crippen LogP contribution is 2.15. The summed E-state index contributed by atoms with van der Waals surface area (Å²) >= 11 is 4.90. The van der Waals surface area contributed by atoms with Crippen molar-refractivity contribution in [2.24, 2.45) is 5.73 Å². The van der Waals surface area contributed by atoms with Crippen LogP contribution >= 0.6 is 12.2 Å². The lowest BCUT2D eigenvalue weighted by Gasteiger charge is -2.09. The number of hydrogen-bond acceptors (Lipinski definition) is 3. The Hall–Kier alpha value is -2.34. The first-order chi connectivity index (χ1) is 9.08. The van der Waals surface area contributed by atoms with Crippen molar-refractivity contribution in [3.8, 4) is 0 Å². The van der Waals surface area contributed by atoms with Crippen LogP contribution in [0.1, 0.15) is 16.1 Å². The van der Waals surface area contributed by atoms with Crippen LogP contribution in [0.3, 0.4) is 0 Å². The molecule has 0 unspecified atom stereocenters. The number of pyridine rings is 1. The number of anilines is 1. The van der Waals surface area contributed by atoms with Gasteiger partial charge in [0.05, 0.1) is 11.9 Å². The van der Waals surface area contributed by atoms with Gasteiger partial charge in [0.2, 0.25) is 0 Å². The highest BCUT2D eigenvalue weighted by Gasteiger charge is 2.11. The van der Waals surface area contributed by atoms with E-state index in [1.54, 1.807) is 24.3 Å². The minimum atomic E-state index is -0.500. The number of thiocarbonyl (C=S) groups is 1. The number of rotatable bonds is 3. The van der Waals surface area contributed by atoms with E-state index in [1.165, 1.54) is 12.1 Å². The number of benzene rings is 1. The van der Waals surface area contributed by atoms with Gasteiger partial charge in [0.25, 0.3) is 5.91 Å². The van der Waals surface area contributed by atoms with E-state index >= 15 is 0 Å². The van der Waals surface area contributed by atoms with Crippen LogP contribution in [0.4, 0.5) is 10.1 Å². The van der Waals surface area contributed by atoms with E-state index in [2.05, 4.69) is 10.3 Å². The maximum atomic E-state index is 12.7. The van der Waals surface area contributed by atoms with E-state index in [1.807, 2.05) is 0 Å². The van der Waals surface area contributed by atoms with Gasteiger partial charge in [0.15, 0.2) is 0 Å². The van der Waals surface area contributed by atoms with Gasteiger partial charge in [-0.05, 0) is 24.3 Å². The summed E-state index contributed by atoms with van der Waals surface area (Å²) in [6.07, 6.45) is 0.981. The number of nitrogens with zero attached hydrogens (tertiary/aromatic N) is 1. The number of carbonyl (C=O) groups is 1. The highest BCUT2D eigenvalue weighted by atomic mass is 32.1. The van der Waals surface area contributed by atoms with E-state index in [0.717, 1.165) is 6.20 Å². The third-order valence-corrected chi connectivity index (χ3v) is 2.62. The fraction of sp³-hybridized carbons (Fsp3) is 0. The Kier molecular flexibility index (Phi) is 3.82. The molecule has 0 bridgehead atoms. The molecule has 0 aliphatic carbocycles. The lowest BCUT2D eigenvalue weighted by molar-refractivity contribution is 0.102. The third-order valence-electron chi connectivity index (χ3n) is 2.40. The topological polar surface area (TPSA) is 68.0 Å². The first-order valence-corrected chi connectivity index (χ1v) is 5.80. The highest BCUT2D eigenvalue weighted by molar-refractivity contribution is 7.80. The predicted molar refractivity (Wildman–Crippen MR) is 74.5 cm³/mol. The van der Waals surface area contributed by atoms with E-state index in [0.29, 0.717) is 11.3 Å². The van der Waals surface area contributed by atoms with Crippen LogP contribution in [0.5, 0.6) is 0 Å². The summed E-state index contributed by atoms with van der Waals surface area (Å²) in [7, 11) is 0. The second-order valence-corrected chi connectivity index (χ2v) is 4.17. The second kappa shape index (κ2) is 5.53. The standard InChI is InChI=1S/C13H10FN3OS/c14-8-5-6-11(16-7-8)13(18)17-10-4-2-1-3-9(10)12(15)19/h1-7H,(H2,15,19)(H,17,18). The molecule has 0 fully saturated rings. The molecular formula is C13H10FN3OS. The van der Waals surface area contributed by atoms with E-state index in [4.69, 9.17) is 18.0 Å². The first-order valence-electron chi connectivity index (χ1n) is 5.39. The number of nitrogens with two attached hydrogens (primary N) is 1. The number of nitrogens with one attached hydrogen (secondary N) is 1. The molecule has 0 radical (unpaired) electrons. The number of halogens is 1. The van der Waals surface area contributed by atoms with Crippen LogP contribution in [0.15, 0.2) is 42.6 Å². The van der Waals surface area contributed by atoms with Crippen LogP contribution < -0.4 is 11.1 Å². The Balaban J connectivity index is 2.24. The number of para-hydroxylation sites is 1. The normalized spacial score (nSPS) is 9.95. The molecule has 0 saturated carbocycles. The number of hydrogen-bond donors (Lipinski definition) is 2. The van der Waals surface area contributed by atoms with Crippen molar-refractivity contribution in [3.05, 3.63) is 59.7 Å². The molecule has 0 saturated heterocycles. The van der Waals surface area contributed by atoms with Gasteiger partial charge >= 0.3 is 0 Å². The van der Waals surface area contributed by atoms with Crippen LogP contribution in [-0.4, -0.2) is 15.9 Å². The molecule has 1 amide bonds. The van der Waals surface area contributed by atoms with Gasteiger partial charge in [-0.25, -0.2) is 9.37 Å². The Morgan fingerprint density at radius 1 is 1.26 bits per heavy atom. The molecule has 6 heteroatoms. The van der Waals surface area contributed by atoms with Crippen molar-refractivity contribution in [1.29, 1.82) is 0 Å². The van der Waals surface area contributed by atoms with Crippen LogP contribution in [0.25, 0.3) is 0 Å². The van der Waals surface area contributed by atoms with Gasteiger partial charge in [0.1, 0.15) is 16.5 Å². The van der Waals surface area contributed by atoms with Gasteiger partial charge in [0, 0.05) is 5.56 Å². The maximum absolute atomic E-state index is 12.7. The van der Waals surface area contributed by atoms with E-state index in [9.17, 15) is 9.18 Å². The molecule has 2 rings (SSSR count). The average Bonchev–Trinajstić information content (AvgIpc) is 2.39. The molecule has 1 heterocycles. The molecule has 0 aliphatic rings. The molecule has 0 atom stereocenters. The zero-order chi connectivity index (χ0) is 13.8. The lowest BCUT2D eigenvalue weighted by Crippen LogP contribution is -2.18. The molecular weight excluding hydrogens is 265 g/mol. The van der Waals surface area contributed by atoms with Gasteiger partial charge < -0.3 is 11.1 Å². The van der Waals surface area contributed by atoms with Crippen LogP contribution in [-0.2, 0) is 0 Å². The van der Waals surface area contributed by atoms with Gasteiger partial charge in [-0.15, -0.1) is 0 Å². The summed E-state index contributed by atoms with van der Waals surface area (Å²) in [5.74, 6) is -0.955. The maximum Gasteiger partial charge on any atom is 0.274 e. The second-order valence-electron chi connectivity index (χ2n) is 3.73. The largest absolute Gasteiger partial charge is 0.389 e. The summed E-state index contributed by atoms with van der Waals surface area (Å²) in [5.41, 5.74) is 6.73. The van der Waals surface area contributed by atoms with Crippen LogP contribution in [0.2, 0.25) is 0 Å². The Morgan fingerprint density at radius 3 is 2.63 bits per heavy atom. The Bertz CT molecular complexity index is 628. The third kappa shape index (κ3) is 3.11. The molecule has 96 valence electrons. The molecule has 2 aromatic rings. The average molecular weight is 275 g/mol. The molecule has 1 aromatic carbocycles. The van der Waals surface area contributed by atoms with Crippen molar-refractivity contribution in [2.45, 2.75) is 0 Å².